The molecule has 4 nitrogen and oxygen atoms in total. The number of rotatable bonds is 7. The monoisotopic (exact) mass is 308 g/mol. The Balaban J connectivity index is 1.98. The van der Waals surface area contributed by atoms with Crippen molar-refractivity contribution in [3.8, 4) is 0 Å². The van der Waals surface area contributed by atoms with E-state index >= 15 is 0 Å². The third-order valence-corrected chi connectivity index (χ3v) is 4.71. The molecule has 2 atom stereocenters. The zero-order valence-electron chi connectivity index (χ0n) is 12.6. The topological polar surface area (TPSA) is 61.4 Å². The quantitative estimate of drug-likeness (QED) is 0.725. The molecule has 0 unspecified atom stereocenters. The Bertz CT molecular complexity index is 465. The lowest BCUT2D eigenvalue weighted by molar-refractivity contribution is 0.154. The van der Waals surface area contributed by atoms with Gasteiger partial charge in [-0.1, -0.05) is 30.3 Å². The Labute approximate surface area is 130 Å². The van der Waals surface area contributed by atoms with Gasteiger partial charge >= 0.3 is 6.03 Å². The molecule has 1 saturated carbocycles. The number of urea groups is 1. The number of aliphatic hydroxyl groups is 1. The van der Waals surface area contributed by atoms with Crippen molar-refractivity contribution in [3.63, 3.8) is 0 Å². The first-order valence-electron chi connectivity index (χ1n) is 7.32. The van der Waals surface area contributed by atoms with Gasteiger partial charge in [-0.3, -0.25) is 0 Å². The lowest BCUT2D eigenvalue weighted by atomic mass is 9.97. The highest BCUT2D eigenvalue weighted by Crippen LogP contribution is 2.39. The summed E-state index contributed by atoms with van der Waals surface area (Å²) in [5.41, 5.74) is 0.587. The van der Waals surface area contributed by atoms with Crippen LogP contribution in [-0.4, -0.2) is 35.3 Å². The van der Waals surface area contributed by atoms with Gasteiger partial charge in [-0.15, -0.1) is 0 Å². The number of aliphatic hydroxyl groups excluding tert-OH is 1. The lowest BCUT2D eigenvalue weighted by Gasteiger charge is -2.30. The number of thioether (sulfide) groups is 1. The minimum Gasteiger partial charge on any atom is -0.394 e. The number of hydrogen-bond donors (Lipinski definition) is 3. The summed E-state index contributed by atoms with van der Waals surface area (Å²) in [4.78, 5) is 12.3. The van der Waals surface area contributed by atoms with Crippen molar-refractivity contribution in [2.75, 3.05) is 18.6 Å². The minimum absolute atomic E-state index is 0.0242. The predicted molar refractivity (Wildman–Crippen MR) is 87.4 cm³/mol. The molecule has 0 heterocycles. The molecule has 5 heteroatoms. The standard InChI is InChI=1S/C16H24N2O2S/c1-16(11-19,13-8-9-13)18-15(20)17-14(10-21-2)12-6-4-3-5-7-12/h3-7,13-14,19H,8-11H2,1-2H3,(H2,17,18,20)/t14-,16+/m1/s1. The maximum Gasteiger partial charge on any atom is 0.315 e. The van der Waals surface area contributed by atoms with Gasteiger partial charge in [0, 0.05) is 5.75 Å². The summed E-state index contributed by atoms with van der Waals surface area (Å²) in [6.45, 7) is 1.89. The molecule has 3 N–H and O–H groups in total. The molecule has 0 bridgehead atoms. The van der Waals surface area contributed by atoms with Crippen LogP contribution < -0.4 is 10.6 Å². The van der Waals surface area contributed by atoms with Crippen molar-refractivity contribution >= 4 is 17.8 Å². The fraction of sp³-hybridized carbons (Fsp3) is 0.562. The first-order chi connectivity index (χ1) is 10.1. The van der Waals surface area contributed by atoms with Gasteiger partial charge < -0.3 is 15.7 Å². The van der Waals surface area contributed by atoms with Gasteiger partial charge in [-0.05, 0) is 37.5 Å². The van der Waals surface area contributed by atoms with Crippen LogP contribution in [0.2, 0.25) is 0 Å². The lowest BCUT2D eigenvalue weighted by Crippen LogP contribution is -2.54. The van der Waals surface area contributed by atoms with Crippen molar-refractivity contribution in [3.05, 3.63) is 35.9 Å². The fourth-order valence-corrected chi connectivity index (χ4v) is 3.13. The van der Waals surface area contributed by atoms with Gasteiger partial charge in [0.1, 0.15) is 0 Å². The SMILES string of the molecule is CSC[C@@H](NC(=O)N[C@@](C)(CO)C1CC1)c1ccccc1. The molecule has 116 valence electrons. The fourth-order valence-electron chi connectivity index (χ4n) is 2.52. The molecule has 0 aromatic heterocycles. The molecule has 21 heavy (non-hydrogen) atoms. The Morgan fingerprint density at radius 2 is 2.10 bits per heavy atom. The van der Waals surface area contributed by atoms with E-state index in [2.05, 4.69) is 10.6 Å². The highest BCUT2D eigenvalue weighted by molar-refractivity contribution is 7.98. The van der Waals surface area contributed by atoms with Crippen LogP contribution in [0.25, 0.3) is 0 Å². The second kappa shape index (κ2) is 7.18. The van der Waals surface area contributed by atoms with Crippen molar-refractivity contribution < 1.29 is 9.90 Å². The van der Waals surface area contributed by atoms with Crippen molar-refractivity contribution in [1.82, 2.24) is 10.6 Å². The average molecular weight is 308 g/mol. The van der Waals surface area contributed by atoms with Gasteiger partial charge in [-0.2, -0.15) is 11.8 Å². The van der Waals surface area contributed by atoms with E-state index in [0.29, 0.717) is 5.92 Å². The molecule has 1 aliphatic carbocycles. The predicted octanol–water partition coefficient (Wildman–Crippen LogP) is 2.55. The zero-order chi connectivity index (χ0) is 15.3. The number of hydrogen-bond acceptors (Lipinski definition) is 3. The Kier molecular flexibility index (Phi) is 5.53. The summed E-state index contributed by atoms with van der Waals surface area (Å²) < 4.78 is 0. The van der Waals surface area contributed by atoms with E-state index in [4.69, 9.17) is 0 Å². The summed E-state index contributed by atoms with van der Waals surface area (Å²) >= 11 is 1.70. The first kappa shape index (κ1) is 16.2. The molecule has 1 aliphatic rings. The Morgan fingerprint density at radius 1 is 1.43 bits per heavy atom. The molecule has 2 rings (SSSR count). The first-order valence-corrected chi connectivity index (χ1v) is 8.72. The van der Waals surface area contributed by atoms with Crippen LogP contribution in [-0.2, 0) is 0 Å². The summed E-state index contributed by atoms with van der Waals surface area (Å²) in [5.74, 6) is 1.21. The summed E-state index contributed by atoms with van der Waals surface area (Å²) in [5, 5.41) is 15.5. The van der Waals surface area contributed by atoms with Crippen LogP contribution in [0.15, 0.2) is 30.3 Å². The van der Waals surface area contributed by atoms with Crippen molar-refractivity contribution in [1.29, 1.82) is 0 Å². The van der Waals surface area contributed by atoms with E-state index in [1.54, 1.807) is 11.8 Å². The molecule has 1 aromatic rings. The largest absolute Gasteiger partial charge is 0.394 e. The summed E-state index contributed by atoms with van der Waals surface area (Å²) in [7, 11) is 0. The van der Waals surface area contributed by atoms with E-state index in [-0.39, 0.29) is 18.7 Å². The molecule has 1 aromatic carbocycles. The molecular weight excluding hydrogens is 284 g/mol. The maximum atomic E-state index is 12.3. The number of amides is 2. The van der Waals surface area contributed by atoms with Gasteiger partial charge in [0.15, 0.2) is 0 Å². The average Bonchev–Trinajstić information content (AvgIpc) is 3.32. The third kappa shape index (κ3) is 4.38. The van der Waals surface area contributed by atoms with Crippen LogP contribution in [0.3, 0.4) is 0 Å². The van der Waals surface area contributed by atoms with E-state index in [1.807, 2.05) is 43.5 Å². The third-order valence-electron chi connectivity index (χ3n) is 4.05. The number of benzene rings is 1. The molecule has 2 amide bonds. The second-order valence-corrected chi connectivity index (χ2v) is 6.78. The van der Waals surface area contributed by atoms with E-state index < -0.39 is 5.54 Å². The highest BCUT2D eigenvalue weighted by Gasteiger charge is 2.42. The number of carbonyl (C=O) groups excluding carboxylic acids is 1. The number of carbonyl (C=O) groups is 1. The molecule has 1 fully saturated rings. The van der Waals surface area contributed by atoms with Crippen LogP contribution >= 0.6 is 11.8 Å². The van der Waals surface area contributed by atoms with E-state index in [0.717, 1.165) is 24.2 Å². The highest BCUT2D eigenvalue weighted by atomic mass is 32.2. The van der Waals surface area contributed by atoms with Crippen LogP contribution in [0, 0.1) is 5.92 Å². The maximum absolute atomic E-state index is 12.3. The second-order valence-electron chi connectivity index (χ2n) is 5.87. The molecule has 0 radical (unpaired) electrons. The van der Waals surface area contributed by atoms with Crippen LogP contribution in [0.4, 0.5) is 4.79 Å². The smallest absolute Gasteiger partial charge is 0.315 e. The molecule has 0 aliphatic heterocycles. The van der Waals surface area contributed by atoms with Crippen molar-refractivity contribution in [2.45, 2.75) is 31.3 Å². The summed E-state index contributed by atoms with van der Waals surface area (Å²) in [6.07, 6.45) is 4.17. The van der Waals surface area contributed by atoms with Gasteiger partial charge in [0.25, 0.3) is 0 Å². The normalized spacial score (nSPS) is 18.6. The zero-order valence-corrected chi connectivity index (χ0v) is 13.5. The molecule has 0 spiro atoms. The Hall–Kier alpha value is -1.20. The number of nitrogens with one attached hydrogen (secondary N) is 2. The van der Waals surface area contributed by atoms with Crippen LogP contribution in [0.5, 0.6) is 0 Å². The van der Waals surface area contributed by atoms with Gasteiger partial charge in [0.2, 0.25) is 0 Å². The molecular formula is C16H24N2O2S. The van der Waals surface area contributed by atoms with Gasteiger partial charge in [-0.25, -0.2) is 4.79 Å². The van der Waals surface area contributed by atoms with E-state index in [1.165, 1.54) is 0 Å². The summed E-state index contributed by atoms with van der Waals surface area (Å²) in [6, 6.07) is 9.73. The van der Waals surface area contributed by atoms with Crippen molar-refractivity contribution in [2.24, 2.45) is 5.92 Å². The van der Waals surface area contributed by atoms with Crippen LogP contribution in [0.1, 0.15) is 31.4 Å². The molecule has 0 saturated heterocycles. The Morgan fingerprint density at radius 3 is 2.62 bits per heavy atom. The minimum atomic E-state index is -0.509. The van der Waals surface area contributed by atoms with Gasteiger partial charge in [0.05, 0.1) is 18.2 Å². The van der Waals surface area contributed by atoms with E-state index in [9.17, 15) is 9.90 Å².